The molecule has 1 aromatic rings. The molecule has 0 atom stereocenters. The second kappa shape index (κ2) is 9.92. The van der Waals surface area contributed by atoms with Gasteiger partial charge in [0.05, 0.1) is 0 Å². The van der Waals surface area contributed by atoms with Crippen LogP contribution in [0.2, 0.25) is 0 Å². The Kier molecular flexibility index (Phi) is 7.90. The summed E-state index contributed by atoms with van der Waals surface area (Å²) in [5.41, 5.74) is 1.30. The quantitative estimate of drug-likeness (QED) is 0.542. The highest BCUT2D eigenvalue weighted by atomic mass is 79.9. The number of hydrogen-bond acceptors (Lipinski definition) is 3. The van der Waals surface area contributed by atoms with Crippen LogP contribution in [0.25, 0.3) is 0 Å². The normalized spacial score (nSPS) is 16.8. The molecule has 1 aliphatic rings. The van der Waals surface area contributed by atoms with Gasteiger partial charge in [0.15, 0.2) is 5.96 Å². The molecule has 0 spiro atoms. The second-order valence-corrected chi connectivity index (χ2v) is 7.65. The fourth-order valence-electron chi connectivity index (χ4n) is 3.02. The second-order valence-electron chi connectivity index (χ2n) is 6.74. The summed E-state index contributed by atoms with van der Waals surface area (Å²) in [4.78, 5) is 17.8. The summed E-state index contributed by atoms with van der Waals surface area (Å²) in [6.07, 6.45) is 1.91. The number of likely N-dealkylation sites (N-methyl/N-ethyl adjacent to an activating group) is 1. The van der Waals surface area contributed by atoms with Gasteiger partial charge in [0.2, 0.25) is 5.91 Å². The number of aliphatic imine (C=N–C) groups is 1. The maximum atomic E-state index is 11.8. The van der Waals surface area contributed by atoms with Gasteiger partial charge < -0.3 is 20.3 Å². The third kappa shape index (κ3) is 5.71. The van der Waals surface area contributed by atoms with Crippen LogP contribution in [0.5, 0.6) is 0 Å². The average Bonchev–Trinajstić information content (AvgIpc) is 2.65. The Bertz CT molecular complexity index is 610. The van der Waals surface area contributed by atoms with E-state index in [1.165, 1.54) is 5.56 Å². The summed E-state index contributed by atoms with van der Waals surface area (Å²) in [6.45, 7) is 5.16. The fourth-order valence-corrected chi connectivity index (χ4v) is 3.28. The number of benzene rings is 1. The van der Waals surface area contributed by atoms with E-state index in [1.54, 1.807) is 19.0 Å². The Morgan fingerprint density at radius 3 is 2.46 bits per heavy atom. The van der Waals surface area contributed by atoms with Crippen molar-refractivity contribution in [2.75, 3.05) is 46.9 Å². The first-order valence-corrected chi connectivity index (χ1v) is 9.82. The molecule has 2 N–H and O–H groups in total. The van der Waals surface area contributed by atoms with Crippen LogP contribution in [-0.4, -0.2) is 63.7 Å². The lowest BCUT2D eigenvalue weighted by Gasteiger charge is -2.38. The predicted octanol–water partition coefficient (Wildman–Crippen LogP) is 2.14. The van der Waals surface area contributed by atoms with E-state index >= 15 is 0 Å². The van der Waals surface area contributed by atoms with Crippen LogP contribution < -0.4 is 10.6 Å². The molecule has 0 radical (unpaired) electrons. The van der Waals surface area contributed by atoms with Crippen LogP contribution in [0.3, 0.4) is 0 Å². The van der Waals surface area contributed by atoms with Gasteiger partial charge in [0.1, 0.15) is 6.54 Å². The number of ether oxygens (including phenoxy) is 1. The van der Waals surface area contributed by atoms with Crippen LogP contribution in [0, 0.1) is 0 Å². The van der Waals surface area contributed by atoms with Gasteiger partial charge in [-0.15, -0.1) is 0 Å². The van der Waals surface area contributed by atoms with Crippen LogP contribution in [0.1, 0.15) is 25.3 Å². The van der Waals surface area contributed by atoms with Crippen molar-refractivity contribution < 1.29 is 9.53 Å². The van der Waals surface area contributed by atoms with Crippen molar-refractivity contribution in [3.05, 3.63) is 34.3 Å². The maximum Gasteiger partial charge on any atom is 0.243 e. The first-order valence-electron chi connectivity index (χ1n) is 9.03. The van der Waals surface area contributed by atoms with Gasteiger partial charge in [-0.25, -0.2) is 4.99 Å². The highest BCUT2D eigenvalue weighted by Gasteiger charge is 2.34. The minimum Gasteiger partial charge on any atom is -0.381 e. The van der Waals surface area contributed by atoms with Crippen molar-refractivity contribution >= 4 is 27.8 Å². The third-order valence-corrected chi connectivity index (χ3v) is 5.24. The number of nitrogens with zero attached hydrogens (tertiary/aromatic N) is 2. The number of carbonyl (C=O) groups excluding carboxylic acids is 1. The molecule has 0 saturated carbocycles. The lowest BCUT2D eigenvalue weighted by molar-refractivity contribution is -0.127. The Hall–Kier alpha value is -1.60. The molecule has 1 saturated heterocycles. The van der Waals surface area contributed by atoms with Crippen molar-refractivity contribution in [1.82, 2.24) is 15.5 Å². The number of nitrogens with one attached hydrogen (secondary N) is 2. The molecule has 6 nitrogen and oxygen atoms in total. The highest BCUT2D eigenvalue weighted by Crippen LogP contribution is 2.34. The monoisotopic (exact) mass is 424 g/mol. The molecule has 26 heavy (non-hydrogen) atoms. The van der Waals surface area contributed by atoms with E-state index in [9.17, 15) is 4.79 Å². The number of hydrogen-bond donors (Lipinski definition) is 2. The van der Waals surface area contributed by atoms with Crippen molar-refractivity contribution in [2.45, 2.75) is 25.2 Å². The molecule has 1 fully saturated rings. The minimum atomic E-state index is -0.0177. The zero-order chi connectivity index (χ0) is 19.0. The van der Waals surface area contributed by atoms with Crippen LogP contribution >= 0.6 is 15.9 Å². The van der Waals surface area contributed by atoms with E-state index < -0.39 is 0 Å². The van der Waals surface area contributed by atoms with Crippen molar-refractivity contribution in [2.24, 2.45) is 4.99 Å². The van der Waals surface area contributed by atoms with Crippen LogP contribution in [-0.2, 0) is 14.9 Å². The van der Waals surface area contributed by atoms with Crippen LogP contribution in [0.4, 0.5) is 0 Å². The Morgan fingerprint density at radius 2 is 1.88 bits per heavy atom. The lowest BCUT2D eigenvalue weighted by Crippen LogP contribution is -2.48. The number of amides is 1. The van der Waals surface area contributed by atoms with Crippen LogP contribution in [0.15, 0.2) is 33.7 Å². The summed E-state index contributed by atoms with van der Waals surface area (Å²) in [7, 11) is 3.48. The molecule has 1 aromatic carbocycles. The van der Waals surface area contributed by atoms with Crippen molar-refractivity contribution in [1.29, 1.82) is 0 Å². The topological polar surface area (TPSA) is 66.0 Å². The predicted molar refractivity (Wildman–Crippen MR) is 109 cm³/mol. The largest absolute Gasteiger partial charge is 0.381 e. The average molecular weight is 425 g/mol. The first-order chi connectivity index (χ1) is 12.5. The molecular weight excluding hydrogens is 396 g/mol. The van der Waals surface area contributed by atoms with Gasteiger partial charge in [0, 0.05) is 50.3 Å². The van der Waals surface area contributed by atoms with Crippen molar-refractivity contribution in [3.63, 3.8) is 0 Å². The molecule has 1 aliphatic heterocycles. The molecule has 1 heterocycles. The smallest absolute Gasteiger partial charge is 0.243 e. The molecule has 7 heteroatoms. The van der Waals surface area contributed by atoms with E-state index in [4.69, 9.17) is 4.74 Å². The first kappa shape index (κ1) is 20.7. The Balaban J connectivity index is 2.12. The summed E-state index contributed by atoms with van der Waals surface area (Å²) >= 11 is 3.51. The molecule has 0 bridgehead atoms. The zero-order valence-corrected chi connectivity index (χ0v) is 17.4. The Labute approximate surface area is 164 Å². The van der Waals surface area contributed by atoms with Gasteiger partial charge in [0.25, 0.3) is 0 Å². The van der Waals surface area contributed by atoms with Gasteiger partial charge in [-0.3, -0.25) is 4.79 Å². The summed E-state index contributed by atoms with van der Waals surface area (Å²) in [6, 6.07) is 8.52. The summed E-state index contributed by atoms with van der Waals surface area (Å²) in [5, 5.41) is 6.66. The molecule has 0 aromatic heterocycles. The summed E-state index contributed by atoms with van der Waals surface area (Å²) in [5.74, 6) is 0.654. The van der Waals surface area contributed by atoms with E-state index in [-0.39, 0.29) is 17.9 Å². The number of rotatable bonds is 6. The molecule has 2 rings (SSSR count). The zero-order valence-electron chi connectivity index (χ0n) is 15.8. The van der Waals surface area contributed by atoms with E-state index in [0.29, 0.717) is 5.96 Å². The molecule has 0 aliphatic carbocycles. The molecule has 0 unspecified atom stereocenters. The lowest BCUT2D eigenvalue weighted by atomic mass is 9.74. The molecular formula is C19H29BrN4O2. The van der Waals surface area contributed by atoms with Gasteiger partial charge in [-0.2, -0.15) is 0 Å². The van der Waals surface area contributed by atoms with Gasteiger partial charge in [-0.05, 0) is 37.5 Å². The highest BCUT2D eigenvalue weighted by molar-refractivity contribution is 9.10. The molecule has 1 amide bonds. The number of guanidine groups is 1. The number of halogens is 1. The van der Waals surface area contributed by atoms with Gasteiger partial charge >= 0.3 is 0 Å². The van der Waals surface area contributed by atoms with E-state index in [2.05, 4.69) is 55.8 Å². The standard InChI is InChI=1S/C19H29BrN4O2/c1-4-21-18(22-13-17(25)24(2)3)23-14-19(9-11-26-12-10-19)15-5-7-16(20)8-6-15/h5-8H,4,9-14H2,1-3H3,(H2,21,22,23). The minimum absolute atomic E-state index is 0.000693. The third-order valence-electron chi connectivity index (χ3n) is 4.72. The fraction of sp³-hybridized carbons (Fsp3) is 0.579. The van der Waals surface area contributed by atoms with Gasteiger partial charge in [-0.1, -0.05) is 28.1 Å². The number of carbonyl (C=O) groups is 1. The van der Waals surface area contributed by atoms with E-state index in [0.717, 1.165) is 43.6 Å². The summed E-state index contributed by atoms with van der Waals surface area (Å²) < 4.78 is 6.67. The SMILES string of the molecule is CCNC(=NCC(=O)N(C)C)NCC1(c2ccc(Br)cc2)CCOCC1. The van der Waals surface area contributed by atoms with Crippen molar-refractivity contribution in [3.8, 4) is 0 Å². The molecule has 144 valence electrons. The Morgan fingerprint density at radius 1 is 1.23 bits per heavy atom. The maximum absolute atomic E-state index is 11.8. The van der Waals surface area contributed by atoms with E-state index in [1.807, 2.05) is 6.92 Å².